The van der Waals surface area contributed by atoms with E-state index in [9.17, 15) is 4.79 Å². The monoisotopic (exact) mass is 482 g/mol. The number of likely N-dealkylation sites (tertiary alicyclic amines) is 2. The van der Waals surface area contributed by atoms with Crippen molar-refractivity contribution in [2.24, 2.45) is 5.41 Å². The summed E-state index contributed by atoms with van der Waals surface area (Å²) in [5.74, 6) is 0. The van der Waals surface area contributed by atoms with Crippen molar-refractivity contribution in [1.82, 2.24) is 20.1 Å². The summed E-state index contributed by atoms with van der Waals surface area (Å²) in [5, 5.41) is 5.42. The normalized spacial score (nSPS) is 21.1. The molecule has 2 fully saturated rings. The number of hydrogen-bond acceptors (Lipinski definition) is 3. The fourth-order valence-electron chi connectivity index (χ4n) is 5.28. The van der Waals surface area contributed by atoms with Crippen molar-refractivity contribution in [3.8, 4) is 0 Å². The van der Waals surface area contributed by atoms with Gasteiger partial charge in [-0.15, -0.1) is 0 Å². The molecule has 1 spiro atoms. The molecule has 2 aliphatic heterocycles. The van der Waals surface area contributed by atoms with Gasteiger partial charge in [-0.05, 0) is 61.2 Å². The number of piperidine rings is 1. The fraction of sp³-hybridized carbons (Fsp3) is 0.385. The predicted molar refractivity (Wildman–Crippen MR) is 134 cm³/mol. The van der Waals surface area contributed by atoms with Gasteiger partial charge in [0.05, 0.1) is 15.6 Å². The molecule has 1 unspecified atom stereocenters. The predicted octanol–water partition coefficient (Wildman–Crippen LogP) is 5.74. The van der Waals surface area contributed by atoms with Crippen LogP contribution in [0.2, 0.25) is 10.0 Å². The summed E-state index contributed by atoms with van der Waals surface area (Å²) in [6.45, 7) is 5.06. The van der Waals surface area contributed by atoms with Crippen LogP contribution in [0.1, 0.15) is 30.4 Å². The number of aromatic nitrogens is 1. The van der Waals surface area contributed by atoms with E-state index in [0.29, 0.717) is 16.6 Å². The molecule has 0 saturated carbocycles. The summed E-state index contributed by atoms with van der Waals surface area (Å²) in [5.41, 5.74) is 3.37. The first-order chi connectivity index (χ1) is 16.0. The van der Waals surface area contributed by atoms with Crippen LogP contribution in [0.25, 0.3) is 10.9 Å². The Morgan fingerprint density at radius 2 is 1.88 bits per heavy atom. The molecular weight excluding hydrogens is 455 g/mol. The number of urea groups is 1. The van der Waals surface area contributed by atoms with Gasteiger partial charge in [0.1, 0.15) is 0 Å². The second-order valence-electron chi connectivity index (χ2n) is 9.42. The van der Waals surface area contributed by atoms with Crippen LogP contribution in [-0.4, -0.2) is 47.0 Å². The van der Waals surface area contributed by atoms with E-state index in [0.717, 1.165) is 62.0 Å². The number of amides is 2. The summed E-state index contributed by atoms with van der Waals surface area (Å²) < 4.78 is 0. The quantitative estimate of drug-likeness (QED) is 0.515. The van der Waals surface area contributed by atoms with Crippen LogP contribution in [0.3, 0.4) is 0 Å². The zero-order chi connectivity index (χ0) is 22.8. The molecule has 5 rings (SSSR count). The van der Waals surface area contributed by atoms with Gasteiger partial charge < -0.3 is 10.2 Å². The minimum absolute atomic E-state index is 0.0260. The van der Waals surface area contributed by atoms with Gasteiger partial charge in [0.2, 0.25) is 0 Å². The lowest BCUT2D eigenvalue weighted by Crippen LogP contribution is -2.50. The highest BCUT2D eigenvalue weighted by molar-refractivity contribution is 6.42. The minimum atomic E-state index is 0.0260. The Balaban J connectivity index is 1.17. The zero-order valence-corrected chi connectivity index (χ0v) is 20.1. The maximum atomic E-state index is 13.0. The maximum Gasteiger partial charge on any atom is 0.317 e. The molecule has 1 aromatic heterocycles. The molecule has 5 nitrogen and oxygen atoms in total. The lowest BCUT2D eigenvalue weighted by molar-refractivity contribution is 0.107. The van der Waals surface area contributed by atoms with E-state index in [1.165, 1.54) is 12.0 Å². The number of halogens is 2. The van der Waals surface area contributed by atoms with Gasteiger partial charge in [-0.2, -0.15) is 0 Å². The maximum absolute atomic E-state index is 13.0. The van der Waals surface area contributed by atoms with Crippen LogP contribution in [0.4, 0.5) is 4.79 Å². The number of rotatable bonds is 4. The molecule has 2 saturated heterocycles. The molecule has 7 heteroatoms. The van der Waals surface area contributed by atoms with E-state index in [2.05, 4.69) is 27.3 Å². The summed E-state index contributed by atoms with van der Waals surface area (Å²) in [6.07, 6.45) is 5.14. The molecule has 2 aromatic carbocycles. The first-order valence-corrected chi connectivity index (χ1v) is 12.3. The Morgan fingerprint density at radius 1 is 1.00 bits per heavy atom. The van der Waals surface area contributed by atoms with Gasteiger partial charge in [-0.3, -0.25) is 9.88 Å². The summed E-state index contributed by atoms with van der Waals surface area (Å²) in [7, 11) is 0. The molecule has 0 aliphatic carbocycles. The Kier molecular flexibility index (Phi) is 6.46. The number of carbonyl (C=O) groups excluding carboxylic acids is 1. The molecule has 2 aliphatic rings. The average molecular weight is 483 g/mol. The van der Waals surface area contributed by atoms with Crippen LogP contribution in [0.5, 0.6) is 0 Å². The Bertz CT molecular complexity index is 1170. The third kappa shape index (κ3) is 5.11. The second kappa shape index (κ2) is 9.49. The number of pyridine rings is 1. The Hall–Kier alpha value is -2.34. The minimum Gasteiger partial charge on any atom is -0.334 e. The van der Waals surface area contributed by atoms with E-state index in [4.69, 9.17) is 23.2 Å². The highest BCUT2D eigenvalue weighted by Gasteiger charge is 2.42. The van der Waals surface area contributed by atoms with Crippen LogP contribution < -0.4 is 5.32 Å². The first kappa shape index (κ1) is 22.5. The molecule has 3 heterocycles. The van der Waals surface area contributed by atoms with E-state index >= 15 is 0 Å². The van der Waals surface area contributed by atoms with Crippen molar-refractivity contribution in [2.45, 2.75) is 32.4 Å². The molecule has 33 heavy (non-hydrogen) atoms. The number of hydrogen-bond donors (Lipinski definition) is 1. The zero-order valence-electron chi connectivity index (χ0n) is 18.6. The van der Waals surface area contributed by atoms with Gasteiger partial charge >= 0.3 is 6.03 Å². The lowest BCUT2D eigenvalue weighted by atomic mass is 9.79. The highest BCUT2D eigenvalue weighted by atomic mass is 35.5. The van der Waals surface area contributed by atoms with E-state index in [1.807, 2.05) is 41.3 Å². The molecule has 0 radical (unpaired) electrons. The van der Waals surface area contributed by atoms with Crippen LogP contribution in [0.15, 0.2) is 54.7 Å². The standard InChI is InChI=1S/C26H28Cl2N4O/c27-22-7-5-20(13-23(22)28)16-31-12-9-26(17-31)8-2-11-32(18-26)25(33)30-15-19-4-6-21-3-1-10-29-24(21)14-19/h1,3-7,10,13-14H,2,8-9,11-12,15-18H2,(H,30,33). The fourth-order valence-corrected chi connectivity index (χ4v) is 5.61. The number of fused-ring (bicyclic) bond motifs is 1. The van der Waals surface area contributed by atoms with Crippen molar-refractivity contribution < 1.29 is 4.79 Å². The van der Waals surface area contributed by atoms with Crippen LogP contribution in [0, 0.1) is 5.41 Å². The largest absolute Gasteiger partial charge is 0.334 e. The Morgan fingerprint density at radius 3 is 2.76 bits per heavy atom. The number of benzene rings is 2. The number of nitrogens with one attached hydrogen (secondary N) is 1. The van der Waals surface area contributed by atoms with Crippen molar-refractivity contribution >= 4 is 40.1 Å². The van der Waals surface area contributed by atoms with Crippen molar-refractivity contribution in [2.75, 3.05) is 26.2 Å². The summed E-state index contributed by atoms with van der Waals surface area (Å²) in [4.78, 5) is 21.9. The SMILES string of the molecule is O=C(NCc1ccc2cccnc2c1)N1CCCC2(CCN(Cc3ccc(Cl)c(Cl)c3)C2)C1. The summed E-state index contributed by atoms with van der Waals surface area (Å²) in [6, 6.07) is 16.0. The van der Waals surface area contributed by atoms with Crippen molar-refractivity contribution in [1.29, 1.82) is 0 Å². The van der Waals surface area contributed by atoms with Crippen molar-refractivity contribution in [3.63, 3.8) is 0 Å². The topological polar surface area (TPSA) is 48.5 Å². The lowest BCUT2D eigenvalue weighted by Gasteiger charge is -2.40. The van der Waals surface area contributed by atoms with Crippen molar-refractivity contribution in [3.05, 3.63) is 75.9 Å². The van der Waals surface area contributed by atoms with Crippen LogP contribution >= 0.6 is 23.2 Å². The molecular formula is C26H28Cl2N4O. The molecule has 3 aromatic rings. The third-order valence-corrected chi connectivity index (χ3v) is 7.71. The second-order valence-corrected chi connectivity index (χ2v) is 10.2. The molecule has 0 bridgehead atoms. The smallest absolute Gasteiger partial charge is 0.317 e. The van der Waals surface area contributed by atoms with E-state index in [-0.39, 0.29) is 11.4 Å². The molecule has 2 amide bonds. The van der Waals surface area contributed by atoms with Gasteiger partial charge in [-0.1, -0.05) is 47.5 Å². The van der Waals surface area contributed by atoms with Gasteiger partial charge in [0.15, 0.2) is 0 Å². The number of carbonyl (C=O) groups is 1. The number of nitrogens with zero attached hydrogens (tertiary/aromatic N) is 3. The molecule has 1 N–H and O–H groups in total. The first-order valence-electron chi connectivity index (χ1n) is 11.5. The summed E-state index contributed by atoms with van der Waals surface area (Å²) >= 11 is 12.3. The Labute approximate surface area is 204 Å². The molecule has 172 valence electrons. The van der Waals surface area contributed by atoms with Gasteiger partial charge in [0.25, 0.3) is 0 Å². The van der Waals surface area contributed by atoms with E-state index < -0.39 is 0 Å². The van der Waals surface area contributed by atoms with Gasteiger partial charge in [-0.25, -0.2) is 4.79 Å². The van der Waals surface area contributed by atoms with E-state index in [1.54, 1.807) is 6.20 Å². The molecule has 1 atom stereocenters. The van der Waals surface area contributed by atoms with Crippen LogP contribution in [-0.2, 0) is 13.1 Å². The highest BCUT2D eigenvalue weighted by Crippen LogP contribution is 2.39. The van der Waals surface area contributed by atoms with Gasteiger partial charge in [0, 0.05) is 49.7 Å². The third-order valence-electron chi connectivity index (χ3n) is 6.97. The average Bonchev–Trinajstić information content (AvgIpc) is 3.20.